The second-order valence-electron chi connectivity index (χ2n) is 5.40. The summed E-state index contributed by atoms with van der Waals surface area (Å²) in [5.41, 5.74) is 0.267. The van der Waals surface area contributed by atoms with Gasteiger partial charge in [0.25, 0.3) is 0 Å². The number of fused-ring (bicyclic) bond motifs is 1. The minimum absolute atomic E-state index is 0.181. The Morgan fingerprint density at radius 1 is 1.30 bits per heavy atom. The predicted octanol–water partition coefficient (Wildman–Crippen LogP) is 2.46. The van der Waals surface area contributed by atoms with E-state index in [0.29, 0.717) is 12.0 Å². The van der Waals surface area contributed by atoms with E-state index in [9.17, 15) is 13.6 Å². The van der Waals surface area contributed by atoms with E-state index in [1.54, 1.807) is 0 Å². The van der Waals surface area contributed by atoms with Gasteiger partial charge >= 0.3 is 0 Å². The Morgan fingerprint density at radius 3 is 2.90 bits per heavy atom. The molecule has 0 spiro atoms. The molecule has 5 heteroatoms. The highest BCUT2D eigenvalue weighted by Gasteiger charge is 2.40. The summed E-state index contributed by atoms with van der Waals surface area (Å²) in [6, 6.07) is 3.68. The highest BCUT2D eigenvalue weighted by molar-refractivity contribution is 5.92. The van der Waals surface area contributed by atoms with E-state index in [2.05, 4.69) is 22.8 Å². The number of nitrogens with one attached hydrogen (secondary N) is 2. The molecule has 106 valence electrons. The van der Waals surface area contributed by atoms with Crippen molar-refractivity contribution in [2.45, 2.75) is 18.9 Å². The van der Waals surface area contributed by atoms with Crippen LogP contribution >= 0.6 is 0 Å². The molecule has 3 rings (SSSR count). The van der Waals surface area contributed by atoms with E-state index in [1.807, 2.05) is 0 Å². The smallest absolute Gasteiger partial charge is 0.238 e. The fraction of sp³-hybridized carbons (Fsp3) is 0.400. The molecule has 1 amide bonds. The minimum Gasteiger partial charge on any atom is -0.325 e. The van der Waals surface area contributed by atoms with Crippen molar-refractivity contribution >= 4 is 11.6 Å². The van der Waals surface area contributed by atoms with Gasteiger partial charge in [-0.05, 0) is 36.8 Å². The van der Waals surface area contributed by atoms with E-state index < -0.39 is 11.6 Å². The topological polar surface area (TPSA) is 41.1 Å². The lowest BCUT2D eigenvalue weighted by atomic mass is 9.71. The maximum atomic E-state index is 13.0. The molecular weight excluding hydrogens is 262 g/mol. The second-order valence-corrected chi connectivity index (χ2v) is 5.40. The number of carbonyl (C=O) groups excluding carboxylic acids is 1. The van der Waals surface area contributed by atoms with Crippen molar-refractivity contribution in [1.82, 2.24) is 5.32 Å². The summed E-state index contributed by atoms with van der Waals surface area (Å²) >= 11 is 0. The largest absolute Gasteiger partial charge is 0.325 e. The van der Waals surface area contributed by atoms with Crippen LogP contribution < -0.4 is 10.6 Å². The van der Waals surface area contributed by atoms with E-state index in [-0.39, 0.29) is 18.1 Å². The average Bonchev–Trinajstić information content (AvgIpc) is 2.76. The first-order valence-electron chi connectivity index (χ1n) is 6.78. The van der Waals surface area contributed by atoms with Gasteiger partial charge in [-0.25, -0.2) is 8.78 Å². The molecule has 0 unspecified atom stereocenters. The third-order valence-electron chi connectivity index (χ3n) is 4.09. The van der Waals surface area contributed by atoms with Crippen LogP contribution in [0, 0.1) is 23.5 Å². The molecule has 20 heavy (non-hydrogen) atoms. The maximum absolute atomic E-state index is 13.0. The fourth-order valence-electron chi connectivity index (χ4n) is 2.95. The zero-order valence-corrected chi connectivity index (χ0v) is 10.9. The molecule has 0 bridgehead atoms. The lowest BCUT2D eigenvalue weighted by Crippen LogP contribution is -2.50. The van der Waals surface area contributed by atoms with Crippen molar-refractivity contribution in [2.75, 3.05) is 11.9 Å². The first-order valence-corrected chi connectivity index (χ1v) is 6.78. The highest BCUT2D eigenvalue weighted by Crippen LogP contribution is 2.42. The molecule has 0 saturated heterocycles. The Kier molecular flexibility index (Phi) is 3.53. The van der Waals surface area contributed by atoms with Gasteiger partial charge in [-0.15, -0.1) is 0 Å². The number of hydrogen-bond donors (Lipinski definition) is 2. The van der Waals surface area contributed by atoms with Gasteiger partial charge in [0, 0.05) is 17.8 Å². The normalized spacial score (nSPS) is 27.0. The number of halogens is 2. The summed E-state index contributed by atoms with van der Waals surface area (Å²) in [6.07, 6.45) is 6.64. The summed E-state index contributed by atoms with van der Waals surface area (Å²) in [7, 11) is 0. The summed E-state index contributed by atoms with van der Waals surface area (Å²) in [4.78, 5) is 11.7. The maximum Gasteiger partial charge on any atom is 0.238 e. The molecular formula is C15H16F2N2O. The molecule has 1 aromatic carbocycles. The molecule has 0 aliphatic heterocycles. The van der Waals surface area contributed by atoms with Crippen LogP contribution in [0.4, 0.5) is 14.5 Å². The van der Waals surface area contributed by atoms with Gasteiger partial charge < -0.3 is 10.6 Å². The minimum atomic E-state index is -0.964. The first-order chi connectivity index (χ1) is 9.63. The summed E-state index contributed by atoms with van der Waals surface area (Å²) in [5.74, 6) is -0.849. The molecule has 0 aromatic heterocycles. The molecule has 1 fully saturated rings. The lowest BCUT2D eigenvalue weighted by Gasteiger charge is -2.40. The SMILES string of the molecule is O=C(CN[C@H]1C[C@@H]2CC=C[C@@H]21)Nc1ccc(F)c(F)c1. The van der Waals surface area contributed by atoms with Gasteiger partial charge in [0.05, 0.1) is 6.54 Å². The Balaban J connectivity index is 1.47. The zero-order chi connectivity index (χ0) is 14.1. The molecule has 1 aromatic rings. The van der Waals surface area contributed by atoms with Crippen molar-refractivity contribution in [3.05, 3.63) is 42.0 Å². The van der Waals surface area contributed by atoms with Crippen molar-refractivity contribution in [3.63, 3.8) is 0 Å². The molecule has 3 nitrogen and oxygen atoms in total. The third kappa shape index (κ3) is 2.58. The zero-order valence-electron chi connectivity index (χ0n) is 10.9. The Hall–Kier alpha value is -1.75. The predicted molar refractivity (Wildman–Crippen MR) is 72.1 cm³/mol. The van der Waals surface area contributed by atoms with Gasteiger partial charge in [-0.2, -0.15) is 0 Å². The number of allylic oxidation sites excluding steroid dienone is 1. The van der Waals surface area contributed by atoms with Crippen LogP contribution in [0.3, 0.4) is 0 Å². The van der Waals surface area contributed by atoms with Crippen LogP contribution in [-0.4, -0.2) is 18.5 Å². The molecule has 3 atom stereocenters. The van der Waals surface area contributed by atoms with Gasteiger partial charge in [0.1, 0.15) is 0 Å². The van der Waals surface area contributed by atoms with Crippen LogP contribution in [0.15, 0.2) is 30.4 Å². The lowest BCUT2D eigenvalue weighted by molar-refractivity contribution is -0.115. The third-order valence-corrected chi connectivity index (χ3v) is 4.09. The van der Waals surface area contributed by atoms with Gasteiger partial charge in [-0.1, -0.05) is 12.2 Å². The van der Waals surface area contributed by atoms with Crippen LogP contribution in [0.2, 0.25) is 0 Å². The summed E-state index contributed by atoms with van der Waals surface area (Å²) in [5, 5.41) is 5.75. The molecule has 2 N–H and O–H groups in total. The first kappa shape index (κ1) is 13.2. The van der Waals surface area contributed by atoms with E-state index in [1.165, 1.54) is 6.07 Å². The fourth-order valence-corrected chi connectivity index (χ4v) is 2.95. The van der Waals surface area contributed by atoms with E-state index in [4.69, 9.17) is 0 Å². The van der Waals surface area contributed by atoms with Crippen molar-refractivity contribution in [2.24, 2.45) is 11.8 Å². The number of carbonyl (C=O) groups is 1. The Bertz CT molecular complexity index is 559. The highest BCUT2D eigenvalue weighted by atomic mass is 19.2. The number of benzene rings is 1. The molecule has 1 saturated carbocycles. The molecule has 0 radical (unpaired) electrons. The molecule has 0 heterocycles. The van der Waals surface area contributed by atoms with Gasteiger partial charge in [-0.3, -0.25) is 4.79 Å². The average molecular weight is 278 g/mol. The summed E-state index contributed by atoms with van der Waals surface area (Å²) in [6.45, 7) is 0.181. The second kappa shape index (κ2) is 5.32. The van der Waals surface area contributed by atoms with Crippen LogP contribution in [-0.2, 0) is 4.79 Å². The molecule has 2 aliphatic rings. The molecule has 2 aliphatic carbocycles. The van der Waals surface area contributed by atoms with Gasteiger partial charge in [0.2, 0.25) is 5.91 Å². The van der Waals surface area contributed by atoms with Crippen molar-refractivity contribution < 1.29 is 13.6 Å². The number of amides is 1. The van der Waals surface area contributed by atoms with Crippen molar-refractivity contribution in [3.8, 4) is 0 Å². The number of rotatable bonds is 4. The van der Waals surface area contributed by atoms with Crippen LogP contribution in [0.1, 0.15) is 12.8 Å². The van der Waals surface area contributed by atoms with E-state index in [0.717, 1.165) is 30.9 Å². The Morgan fingerprint density at radius 2 is 2.15 bits per heavy atom. The van der Waals surface area contributed by atoms with Gasteiger partial charge in [0.15, 0.2) is 11.6 Å². The monoisotopic (exact) mass is 278 g/mol. The summed E-state index contributed by atoms with van der Waals surface area (Å²) < 4.78 is 25.8. The Labute approximate surface area is 116 Å². The number of anilines is 1. The van der Waals surface area contributed by atoms with Crippen LogP contribution in [0.25, 0.3) is 0 Å². The van der Waals surface area contributed by atoms with E-state index >= 15 is 0 Å². The number of hydrogen-bond acceptors (Lipinski definition) is 2. The standard InChI is InChI=1S/C15H16F2N2O/c16-12-5-4-10(7-13(12)17)19-15(20)8-18-14-6-9-2-1-3-11(9)14/h1,3-5,7,9,11,14,18H,2,6,8H2,(H,19,20)/t9-,11-,14-/m0/s1. The van der Waals surface area contributed by atoms with Crippen LogP contribution in [0.5, 0.6) is 0 Å². The quantitative estimate of drug-likeness (QED) is 0.831. The van der Waals surface area contributed by atoms with Crippen molar-refractivity contribution in [1.29, 1.82) is 0 Å².